The van der Waals surface area contributed by atoms with E-state index in [4.69, 9.17) is 14.6 Å². The fourth-order valence-electron chi connectivity index (χ4n) is 3.83. The van der Waals surface area contributed by atoms with Crippen LogP contribution in [0.15, 0.2) is 36.4 Å². The predicted molar refractivity (Wildman–Crippen MR) is 120 cm³/mol. The minimum atomic E-state index is -0.928. The van der Waals surface area contributed by atoms with Gasteiger partial charge in [0.25, 0.3) is 0 Å². The van der Waals surface area contributed by atoms with E-state index in [-0.39, 0.29) is 38.1 Å². The van der Waals surface area contributed by atoms with Crippen LogP contribution in [0.25, 0.3) is 0 Å². The van der Waals surface area contributed by atoms with Crippen LogP contribution in [0.4, 0.5) is 0 Å². The SMILES string of the molecule is COCOc1cc([Se]C#Cc2ccc(C(=O)O)cc2)c2c(c1)C(C)(C)CCC2(C)C. The van der Waals surface area contributed by atoms with E-state index in [1.54, 1.807) is 31.4 Å². The van der Waals surface area contributed by atoms with Crippen molar-refractivity contribution in [1.29, 1.82) is 0 Å². The van der Waals surface area contributed by atoms with Gasteiger partial charge in [-0.1, -0.05) is 0 Å². The summed E-state index contributed by atoms with van der Waals surface area (Å²) in [5.74, 6) is 3.09. The first kappa shape index (κ1) is 22.4. The van der Waals surface area contributed by atoms with Crippen molar-refractivity contribution in [2.45, 2.75) is 51.4 Å². The summed E-state index contributed by atoms with van der Waals surface area (Å²) in [5.41, 5.74) is 4.01. The molecular formula is C25H28O4Se. The summed E-state index contributed by atoms with van der Waals surface area (Å²) < 4.78 is 12.2. The molecule has 0 fully saturated rings. The predicted octanol–water partition coefficient (Wildman–Crippen LogP) is 4.06. The van der Waals surface area contributed by atoms with Gasteiger partial charge in [-0.25, -0.2) is 0 Å². The standard InChI is InChI=1S/C25H28O4Se/c1-24(2)11-12-25(3,4)22-20(24)14-19(29-16-28-5)15-21(22)30-13-10-17-6-8-18(9-7-17)23(26)27/h6-9,14-15H,11-12,16H2,1-5H3,(H,26,27). The number of carboxylic acids is 1. The summed E-state index contributed by atoms with van der Waals surface area (Å²) in [4.78, 5) is 14.4. The number of rotatable bonds is 5. The Balaban J connectivity index is 1.98. The summed E-state index contributed by atoms with van der Waals surface area (Å²) in [7, 11) is 1.62. The maximum atomic E-state index is 11.0. The fourth-order valence-corrected chi connectivity index (χ4v) is 5.81. The molecule has 0 spiro atoms. The number of hydrogen-bond donors (Lipinski definition) is 1. The molecule has 1 aliphatic carbocycles. The molecule has 4 nitrogen and oxygen atoms in total. The molecule has 0 unspecified atom stereocenters. The Morgan fingerprint density at radius 1 is 1.10 bits per heavy atom. The van der Waals surface area contributed by atoms with E-state index < -0.39 is 5.97 Å². The normalized spacial score (nSPS) is 16.2. The number of fused-ring (bicyclic) bond motifs is 1. The molecule has 30 heavy (non-hydrogen) atoms. The molecule has 2 aromatic rings. The Bertz CT molecular complexity index is 994. The third-order valence-corrected chi connectivity index (χ3v) is 7.25. The van der Waals surface area contributed by atoms with E-state index >= 15 is 0 Å². The van der Waals surface area contributed by atoms with Gasteiger partial charge in [0.1, 0.15) is 0 Å². The van der Waals surface area contributed by atoms with Gasteiger partial charge in [-0.2, -0.15) is 0 Å². The average molecular weight is 471 g/mol. The minimum absolute atomic E-state index is 0.0628. The van der Waals surface area contributed by atoms with Gasteiger partial charge in [0.2, 0.25) is 0 Å². The van der Waals surface area contributed by atoms with Crippen LogP contribution < -0.4 is 9.20 Å². The van der Waals surface area contributed by atoms with E-state index in [1.807, 2.05) is 0 Å². The molecule has 0 amide bonds. The number of hydrogen-bond acceptors (Lipinski definition) is 3. The monoisotopic (exact) mass is 472 g/mol. The Morgan fingerprint density at radius 3 is 2.40 bits per heavy atom. The quantitative estimate of drug-likeness (QED) is 0.406. The molecule has 0 heterocycles. The number of carboxylic acid groups (broad SMARTS) is 1. The second kappa shape index (κ2) is 8.86. The fraction of sp³-hybridized carbons (Fsp3) is 0.400. The van der Waals surface area contributed by atoms with E-state index in [1.165, 1.54) is 15.6 Å². The van der Waals surface area contributed by atoms with Crippen molar-refractivity contribution in [1.82, 2.24) is 0 Å². The molecule has 1 aliphatic rings. The zero-order valence-electron chi connectivity index (χ0n) is 18.2. The second-order valence-electron chi connectivity index (χ2n) is 8.87. The van der Waals surface area contributed by atoms with Crippen LogP contribution in [0.2, 0.25) is 0 Å². The summed E-state index contributed by atoms with van der Waals surface area (Å²) in [6, 6.07) is 11.0. The van der Waals surface area contributed by atoms with E-state index in [9.17, 15) is 4.79 Å². The van der Waals surface area contributed by atoms with Crippen LogP contribution in [-0.2, 0) is 15.6 Å². The second-order valence-corrected chi connectivity index (χ2v) is 10.7. The zero-order chi connectivity index (χ0) is 21.9. The first-order valence-electron chi connectivity index (χ1n) is 9.96. The van der Waals surface area contributed by atoms with Crippen molar-refractivity contribution in [2.24, 2.45) is 0 Å². The summed E-state index contributed by atoms with van der Waals surface area (Å²) in [5, 5.41) is 9.04. The maximum absolute atomic E-state index is 11.0. The third kappa shape index (κ3) is 4.90. The number of aromatic carboxylic acids is 1. The zero-order valence-corrected chi connectivity index (χ0v) is 19.9. The number of benzene rings is 2. The summed E-state index contributed by atoms with van der Waals surface area (Å²) in [6.45, 7) is 9.45. The van der Waals surface area contributed by atoms with E-state index in [0.29, 0.717) is 0 Å². The molecule has 3 rings (SSSR count). The van der Waals surface area contributed by atoms with Gasteiger partial charge in [0, 0.05) is 0 Å². The van der Waals surface area contributed by atoms with Crippen LogP contribution in [-0.4, -0.2) is 39.9 Å². The molecule has 1 N–H and O–H groups in total. The Labute approximate surface area is 185 Å². The molecule has 2 aromatic carbocycles. The van der Waals surface area contributed by atoms with Gasteiger partial charge in [0.15, 0.2) is 0 Å². The van der Waals surface area contributed by atoms with Gasteiger partial charge < -0.3 is 0 Å². The van der Waals surface area contributed by atoms with Gasteiger partial charge in [-0.15, -0.1) is 0 Å². The molecule has 0 bridgehead atoms. The van der Waals surface area contributed by atoms with Crippen LogP contribution in [0.3, 0.4) is 0 Å². The van der Waals surface area contributed by atoms with Crippen molar-refractivity contribution >= 4 is 25.4 Å². The van der Waals surface area contributed by atoms with Crippen molar-refractivity contribution < 1.29 is 19.4 Å². The number of carbonyl (C=O) groups is 1. The van der Waals surface area contributed by atoms with Crippen molar-refractivity contribution in [3.63, 3.8) is 0 Å². The van der Waals surface area contributed by atoms with E-state index in [2.05, 4.69) is 50.6 Å². The Morgan fingerprint density at radius 2 is 1.77 bits per heavy atom. The number of methoxy groups -OCH3 is 1. The van der Waals surface area contributed by atoms with Crippen LogP contribution in [0.1, 0.15) is 67.6 Å². The third-order valence-electron chi connectivity index (χ3n) is 5.69. The molecule has 0 aromatic heterocycles. The molecule has 0 atom stereocenters. The first-order valence-corrected chi connectivity index (χ1v) is 11.7. The van der Waals surface area contributed by atoms with E-state index in [0.717, 1.165) is 24.2 Å². The molecule has 158 valence electrons. The Hall–Kier alpha value is -2.25. The summed E-state index contributed by atoms with van der Waals surface area (Å²) >= 11 is -0.0628. The molecule has 0 saturated heterocycles. The van der Waals surface area contributed by atoms with Gasteiger partial charge in [-0.3, -0.25) is 0 Å². The molecule has 5 heteroatoms. The first-order chi connectivity index (χ1) is 14.1. The van der Waals surface area contributed by atoms with Gasteiger partial charge in [-0.05, 0) is 0 Å². The molecule has 0 aliphatic heterocycles. The van der Waals surface area contributed by atoms with Gasteiger partial charge >= 0.3 is 185 Å². The van der Waals surface area contributed by atoms with Crippen LogP contribution in [0, 0.1) is 10.7 Å². The number of ether oxygens (including phenoxy) is 2. The topological polar surface area (TPSA) is 55.8 Å². The Kier molecular flexibility index (Phi) is 6.62. The van der Waals surface area contributed by atoms with Gasteiger partial charge in [0.05, 0.1) is 0 Å². The van der Waals surface area contributed by atoms with Crippen LogP contribution in [0.5, 0.6) is 5.75 Å². The molecular weight excluding hydrogens is 443 g/mol. The van der Waals surface area contributed by atoms with Crippen molar-refractivity contribution in [2.75, 3.05) is 13.9 Å². The summed E-state index contributed by atoms with van der Waals surface area (Å²) in [6.07, 6.45) is 2.27. The van der Waals surface area contributed by atoms with Crippen molar-refractivity contribution in [3.8, 4) is 16.5 Å². The van der Waals surface area contributed by atoms with Crippen molar-refractivity contribution in [3.05, 3.63) is 58.7 Å². The average Bonchev–Trinajstić information content (AvgIpc) is 2.70. The van der Waals surface area contributed by atoms with Crippen LogP contribution >= 0.6 is 0 Å². The molecule has 0 radical (unpaired) electrons. The molecule has 0 saturated carbocycles.